The Morgan fingerprint density at radius 2 is 2.00 bits per heavy atom. The van der Waals surface area contributed by atoms with E-state index in [1.165, 1.54) is 27.0 Å². The average molecular weight is 399 g/mol. The van der Waals surface area contributed by atoms with Crippen LogP contribution in [0.2, 0.25) is 0 Å². The van der Waals surface area contributed by atoms with Crippen LogP contribution in [0.5, 0.6) is 0 Å². The third kappa shape index (κ3) is 4.20. The van der Waals surface area contributed by atoms with Crippen molar-refractivity contribution in [1.82, 2.24) is 9.21 Å². The van der Waals surface area contributed by atoms with E-state index in [1.807, 2.05) is 0 Å². The van der Waals surface area contributed by atoms with Gasteiger partial charge in [-0.3, -0.25) is 9.59 Å². The van der Waals surface area contributed by atoms with E-state index in [4.69, 9.17) is 4.74 Å². The van der Waals surface area contributed by atoms with Crippen LogP contribution >= 0.6 is 11.8 Å². The lowest BCUT2D eigenvalue weighted by atomic mass is 10.2. The Bertz CT molecular complexity index is 806. The summed E-state index contributed by atoms with van der Waals surface area (Å²) in [6.07, 6.45) is 0. The number of ether oxygens (including phenoxy) is 1. The van der Waals surface area contributed by atoms with E-state index in [2.05, 4.69) is 5.32 Å². The van der Waals surface area contributed by atoms with E-state index >= 15 is 0 Å². The highest BCUT2D eigenvalue weighted by Gasteiger charge is 2.28. The van der Waals surface area contributed by atoms with Crippen LogP contribution in [0.3, 0.4) is 0 Å². The second-order valence-electron chi connectivity index (χ2n) is 6.08. The Morgan fingerprint density at radius 3 is 2.65 bits per heavy atom. The van der Waals surface area contributed by atoms with Gasteiger partial charge in [0.05, 0.1) is 18.1 Å². The molecule has 0 unspecified atom stereocenters. The van der Waals surface area contributed by atoms with E-state index < -0.39 is 10.0 Å². The molecule has 26 heavy (non-hydrogen) atoms. The van der Waals surface area contributed by atoms with E-state index in [0.29, 0.717) is 49.9 Å². The number of morpholine rings is 1. The minimum absolute atomic E-state index is 0.0365. The largest absolute Gasteiger partial charge is 0.379 e. The Balaban J connectivity index is 1.74. The SMILES string of the molecule is Cc1ccc(NC(=O)CN2CCSC2=O)cc1S(=O)(=O)N1CCOCC1. The fraction of sp³-hybridized carbons (Fsp3) is 0.500. The third-order valence-electron chi connectivity index (χ3n) is 4.24. The predicted octanol–water partition coefficient (Wildman–Crippen LogP) is 1.12. The van der Waals surface area contributed by atoms with Gasteiger partial charge in [0.1, 0.15) is 6.54 Å². The predicted molar refractivity (Wildman–Crippen MR) is 98.8 cm³/mol. The molecule has 1 aromatic rings. The fourth-order valence-corrected chi connectivity index (χ4v) is 5.31. The zero-order valence-electron chi connectivity index (χ0n) is 14.4. The molecule has 0 spiro atoms. The van der Waals surface area contributed by atoms with Crippen LogP contribution in [-0.2, 0) is 19.6 Å². The van der Waals surface area contributed by atoms with Gasteiger partial charge in [-0.1, -0.05) is 17.8 Å². The smallest absolute Gasteiger partial charge is 0.282 e. The quantitative estimate of drug-likeness (QED) is 0.797. The molecule has 10 heteroatoms. The highest BCUT2D eigenvalue weighted by molar-refractivity contribution is 8.13. The van der Waals surface area contributed by atoms with Crippen LogP contribution in [0.15, 0.2) is 23.1 Å². The number of amides is 2. The summed E-state index contributed by atoms with van der Waals surface area (Å²) < 4.78 is 32.3. The van der Waals surface area contributed by atoms with E-state index in [9.17, 15) is 18.0 Å². The molecule has 0 aromatic heterocycles. The first-order valence-electron chi connectivity index (χ1n) is 8.28. The molecule has 0 radical (unpaired) electrons. The van der Waals surface area contributed by atoms with Crippen LogP contribution < -0.4 is 5.32 Å². The summed E-state index contributed by atoms with van der Waals surface area (Å²) in [6.45, 7) is 3.60. The highest BCUT2D eigenvalue weighted by Crippen LogP contribution is 2.24. The summed E-state index contributed by atoms with van der Waals surface area (Å²) in [5, 5.41) is 2.57. The van der Waals surface area contributed by atoms with Gasteiger partial charge < -0.3 is 15.0 Å². The Morgan fingerprint density at radius 1 is 1.27 bits per heavy atom. The molecule has 2 amide bonds. The molecule has 1 N–H and O–H groups in total. The molecular formula is C16H21N3O5S2. The molecule has 3 rings (SSSR count). The van der Waals surface area contributed by atoms with Gasteiger partial charge in [-0.15, -0.1) is 0 Å². The van der Waals surface area contributed by atoms with Gasteiger partial charge in [-0.05, 0) is 24.6 Å². The molecule has 1 aromatic carbocycles. The van der Waals surface area contributed by atoms with Gasteiger partial charge in [0, 0.05) is 31.1 Å². The van der Waals surface area contributed by atoms with Crippen LogP contribution in [0.4, 0.5) is 10.5 Å². The van der Waals surface area contributed by atoms with Crippen molar-refractivity contribution in [2.45, 2.75) is 11.8 Å². The van der Waals surface area contributed by atoms with Crippen molar-refractivity contribution >= 4 is 38.6 Å². The number of thioether (sulfide) groups is 1. The molecule has 142 valence electrons. The lowest BCUT2D eigenvalue weighted by molar-refractivity contribution is -0.116. The zero-order valence-corrected chi connectivity index (χ0v) is 16.1. The van der Waals surface area contributed by atoms with Crippen LogP contribution in [-0.4, -0.2) is 73.9 Å². The molecule has 8 nitrogen and oxygen atoms in total. The molecule has 2 heterocycles. The van der Waals surface area contributed by atoms with Crippen LogP contribution in [0, 0.1) is 6.92 Å². The summed E-state index contributed by atoms with van der Waals surface area (Å²) in [5.41, 5.74) is 1.01. The van der Waals surface area contributed by atoms with Crippen molar-refractivity contribution in [2.75, 3.05) is 50.5 Å². The molecule has 2 fully saturated rings. The zero-order chi connectivity index (χ0) is 18.7. The number of anilines is 1. The topological polar surface area (TPSA) is 96.0 Å². The molecule has 0 atom stereocenters. The maximum atomic E-state index is 12.9. The Labute approximate surface area is 156 Å². The van der Waals surface area contributed by atoms with Gasteiger partial charge >= 0.3 is 0 Å². The monoisotopic (exact) mass is 399 g/mol. The number of carbonyl (C=O) groups is 2. The van der Waals surface area contributed by atoms with Crippen molar-refractivity contribution in [1.29, 1.82) is 0 Å². The number of benzene rings is 1. The van der Waals surface area contributed by atoms with Gasteiger partial charge in [0.15, 0.2) is 0 Å². The van der Waals surface area contributed by atoms with Crippen molar-refractivity contribution < 1.29 is 22.7 Å². The number of nitrogens with one attached hydrogen (secondary N) is 1. The van der Waals surface area contributed by atoms with Crippen molar-refractivity contribution in [3.8, 4) is 0 Å². The second-order valence-corrected chi connectivity index (χ2v) is 9.03. The minimum atomic E-state index is -3.65. The van der Waals surface area contributed by atoms with Crippen molar-refractivity contribution in [3.63, 3.8) is 0 Å². The maximum absolute atomic E-state index is 12.9. The highest BCUT2D eigenvalue weighted by atomic mass is 32.2. The average Bonchev–Trinajstić information content (AvgIpc) is 3.02. The molecule has 2 saturated heterocycles. The molecule has 0 bridgehead atoms. The number of carbonyl (C=O) groups excluding carboxylic acids is 2. The number of aryl methyl sites for hydroxylation is 1. The summed E-state index contributed by atoms with van der Waals surface area (Å²) in [4.78, 5) is 25.4. The number of rotatable bonds is 5. The van der Waals surface area contributed by atoms with Gasteiger partial charge in [-0.25, -0.2) is 8.42 Å². The first-order valence-corrected chi connectivity index (χ1v) is 10.7. The molecule has 0 aliphatic carbocycles. The van der Waals surface area contributed by atoms with E-state index in [0.717, 1.165) is 0 Å². The van der Waals surface area contributed by atoms with Crippen LogP contribution in [0.25, 0.3) is 0 Å². The van der Waals surface area contributed by atoms with Gasteiger partial charge in [0.2, 0.25) is 15.9 Å². The molecule has 2 aliphatic heterocycles. The van der Waals surface area contributed by atoms with Crippen molar-refractivity contribution in [3.05, 3.63) is 23.8 Å². The number of nitrogens with zero attached hydrogens (tertiary/aromatic N) is 2. The molecule has 0 saturated carbocycles. The Kier molecular flexibility index (Phi) is 5.86. The summed E-state index contributed by atoms with van der Waals surface area (Å²) in [5.74, 6) is 0.331. The summed E-state index contributed by atoms with van der Waals surface area (Å²) in [7, 11) is -3.65. The normalized spacial score (nSPS) is 19.0. The lowest BCUT2D eigenvalue weighted by Gasteiger charge is -2.27. The first kappa shape index (κ1) is 19.2. The first-order chi connectivity index (χ1) is 12.4. The standard InChI is InChI=1S/C16H21N3O5S2/c1-12-2-3-13(17-15(20)11-18-6-9-25-16(18)21)10-14(12)26(22,23)19-4-7-24-8-5-19/h2-3,10H,4-9,11H2,1H3,(H,17,20). The van der Waals surface area contributed by atoms with Crippen LogP contribution in [0.1, 0.15) is 5.56 Å². The number of sulfonamides is 1. The summed E-state index contributed by atoms with van der Waals surface area (Å²) >= 11 is 1.19. The third-order valence-corrected chi connectivity index (χ3v) is 7.17. The fourth-order valence-electron chi connectivity index (χ4n) is 2.82. The maximum Gasteiger partial charge on any atom is 0.282 e. The molecule has 2 aliphatic rings. The van der Waals surface area contributed by atoms with Gasteiger partial charge in [0.25, 0.3) is 5.24 Å². The molecular weight excluding hydrogens is 378 g/mol. The minimum Gasteiger partial charge on any atom is -0.379 e. The Hall–Kier alpha value is -1.62. The van der Waals surface area contributed by atoms with Crippen molar-refractivity contribution in [2.24, 2.45) is 0 Å². The second kappa shape index (κ2) is 7.95. The van der Waals surface area contributed by atoms with E-state index in [1.54, 1.807) is 19.1 Å². The summed E-state index contributed by atoms with van der Waals surface area (Å²) in [6, 6.07) is 4.80. The lowest BCUT2D eigenvalue weighted by Crippen LogP contribution is -2.40. The number of hydrogen-bond acceptors (Lipinski definition) is 6. The number of hydrogen-bond donors (Lipinski definition) is 1. The van der Waals surface area contributed by atoms with E-state index in [-0.39, 0.29) is 22.6 Å². The van der Waals surface area contributed by atoms with Gasteiger partial charge in [-0.2, -0.15) is 4.31 Å².